The number of piperazine rings is 1. The van der Waals surface area contributed by atoms with Crippen molar-refractivity contribution in [1.29, 1.82) is 0 Å². The minimum absolute atomic E-state index is 0.218. The van der Waals surface area contributed by atoms with Crippen LogP contribution in [0.4, 0.5) is 28.4 Å². The topological polar surface area (TPSA) is 71.1 Å². The first-order valence-corrected chi connectivity index (χ1v) is 10.8. The van der Waals surface area contributed by atoms with Gasteiger partial charge in [-0.1, -0.05) is 24.3 Å². The fraction of sp³-hybridized carbons (Fsp3) is 0.417. The molecule has 2 aromatic rings. The third-order valence-electron chi connectivity index (χ3n) is 5.01. The quantitative estimate of drug-likeness (QED) is 0.639. The van der Waals surface area contributed by atoms with Crippen LogP contribution in [0, 0.1) is 0 Å². The first-order valence-electron chi connectivity index (χ1n) is 10.8. The van der Waals surface area contributed by atoms with E-state index >= 15 is 0 Å². The number of hydrogen-bond donors (Lipinski definition) is 1. The van der Waals surface area contributed by atoms with Gasteiger partial charge in [0.15, 0.2) is 0 Å². The molecule has 1 aliphatic heterocycles. The minimum Gasteiger partial charge on any atom is -0.444 e. The Morgan fingerprint density at radius 3 is 2.21 bits per heavy atom. The highest BCUT2D eigenvalue weighted by molar-refractivity contribution is 5.87. The van der Waals surface area contributed by atoms with E-state index in [-0.39, 0.29) is 18.0 Å². The molecular weight excluding hydrogens is 451 g/mol. The number of nitrogens with one attached hydrogen (secondary N) is 1. The van der Waals surface area contributed by atoms with Crippen LogP contribution >= 0.6 is 0 Å². The maximum atomic E-state index is 13.7. The molecule has 184 valence electrons. The molecule has 0 atom stereocenters. The van der Waals surface area contributed by atoms with E-state index in [4.69, 9.17) is 9.47 Å². The molecule has 1 N–H and O–H groups in total. The largest absolute Gasteiger partial charge is 0.444 e. The van der Waals surface area contributed by atoms with Crippen molar-refractivity contribution in [3.8, 4) is 5.75 Å². The molecule has 1 heterocycles. The van der Waals surface area contributed by atoms with E-state index in [1.165, 1.54) is 24.3 Å². The Labute approximate surface area is 196 Å². The van der Waals surface area contributed by atoms with Crippen molar-refractivity contribution in [3.63, 3.8) is 0 Å². The molecule has 0 radical (unpaired) electrons. The molecule has 1 saturated heterocycles. The predicted octanol–water partition coefficient (Wildman–Crippen LogP) is 5.37. The van der Waals surface area contributed by atoms with Gasteiger partial charge in [-0.15, -0.1) is 0 Å². The SMILES string of the molecule is CC(C)(C)OC(=O)N1CCN(Cc2ccc(NC(=O)Oc3ccccc3)c(C(F)(F)F)c2)CC1. The summed E-state index contributed by atoms with van der Waals surface area (Å²) in [4.78, 5) is 27.8. The molecule has 0 bridgehead atoms. The number of hydrogen-bond acceptors (Lipinski definition) is 5. The van der Waals surface area contributed by atoms with Crippen molar-refractivity contribution in [1.82, 2.24) is 9.80 Å². The number of carbonyl (C=O) groups excluding carboxylic acids is 2. The Kier molecular flexibility index (Phi) is 7.71. The van der Waals surface area contributed by atoms with Gasteiger partial charge in [-0.3, -0.25) is 10.2 Å². The lowest BCUT2D eigenvalue weighted by molar-refractivity contribution is -0.137. The van der Waals surface area contributed by atoms with Crippen LogP contribution in [0.5, 0.6) is 5.75 Å². The van der Waals surface area contributed by atoms with Crippen LogP contribution in [0.2, 0.25) is 0 Å². The van der Waals surface area contributed by atoms with E-state index in [9.17, 15) is 22.8 Å². The van der Waals surface area contributed by atoms with E-state index in [0.717, 1.165) is 6.07 Å². The monoisotopic (exact) mass is 479 g/mol. The van der Waals surface area contributed by atoms with Crippen LogP contribution in [0.3, 0.4) is 0 Å². The molecule has 34 heavy (non-hydrogen) atoms. The number of rotatable bonds is 4. The molecule has 0 unspecified atom stereocenters. The molecule has 7 nitrogen and oxygen atoms in total. The van der Waals surface area contributed by atoms with Crippen molar-refractivity contribution >= 4 is 17.9 Å². The van der Waals surface area contributed by atoms with Crippen molar-refractivity contribution < 1.29 is 32.2 Å². The van der Waals surface area contributed by atoms with Gasteiger partial charge in [0.1, 0.15) is 11.4 Å². The van der Waals surface area contributed by atoms with E-state index in [1.807, 2.05) is 4.90 Å². The molecule has 2 amide bonds. The van der Waals surface area contributed by atoms with Gasteiger partial charge < -0.3 is 14.4 Å². The summed E-state index contributed by atoms with van der Waals surface area (Å²) >= 11 is 0. The summed E-state index contributed by atoms with van der Waals surface area (Å²) in [5, 5.41) is 2.18. The van der Waals surface area contributed by atoms with Gasteiger partial charge in [-0.25, -0.2) is 9.59 Å². The Balaban J connectivity index is 1.63. The van der Waals surface area contributed by atoms with Crippen molar-refractivity contribution in [2.45, 2.75) is 39.1 Å². The summed E-state index contributed by atoms with van der Waals surface area (Å²) in [6.07, 6.45) is -6.08. The fourth-order valence-electron chi connectivity index (χ4n) is 3.44. The number of carbonyl (C=O) groups is 2. The van der Waals surface area contributed by atoms with Gasteiger partial charge in [0.25, 0.3) is 0 Å². The average molecular weight is 479 g/mol. The summed E-state index contributed by atoms with van der Waals surface area (Å²) in [6, 6.07) is 11.8. The molecule has 0 saturated carbocycles. The molecular formula is C24H28F3N3O4. The molecule has 2 aromatic carbocycles. The van der Waals surface area contributed by atoms with E-state index in [0.29, 0.717) is 31.7 Å². The molecule has 1 aliphatic rings. The fourth-order valence-corrected chi connectivity index (χ4v) is 3.44. The second-order valence-electron chi connectivity index (χ2n) is 8.95. The van der Waals surface area contributed by atoms with E-state index < -0.39 is 29.5 Å². The third-order valence-corrected chi connectivity index (χ3v) is 5.01. The second kappa shape index (κ2) is 10.3. The Morgan fingerprint density at radius 2 is 1.62 bits per heavy atom. The predicted molar refractivity (Wildman–Crippen MR) is 121 cm³/mol. The van der Waals surface area contributed by atoms with Crippen molar-refractivity contribution in [2.24, 2.45) is 0 Å². The number of ether oxygens (including phenoxy) is 2. The lowest BCUT2D eigenvalue weighted by atomic mass is 10.1. The van der Waals surface area contributed by atoms with Crippen molar-refractivity contribution in [2.75, 3.05) is 31.5 Å². The highest BCUT2D eigenvalue weighted by Gasteiger charge is 2.35. The number of alkyl halides is 3. The summed E-state index contributed by atoms with van der Waals surface area (Å²) in [5.41, 5.74) is -1.49. The highest BCUT2D eigenvalue weighted by Crippen LogP contribution is 2.36. The van der Waals surface area contributed by atoms with Gasteiger partial charge in [-0.2, -0.15) is 13.2 Å². The van der Waals surface area contributed by atoms with Crippen LogP contribution in [0.25, 0.3) is 0 Å². The highest BCUT2D eigenvalue weighted by atomic mass is 19.4. The number of benzene rings is 2. The number of amides is 2. The van der Waals surface area contributed by atoms with Gasteiger partial charge >= 0.3 is 18.4 Å². The standard InChI is InChI=1S/C24H28F3N3O4/c1-23(2,3)34-22(32)30-13-11-29(12-14-30)16-17-9-10-20(19(15-17)24(25,26)27)28-21(31)33-18-7-5-4-6-8-18/h4-10,15H,11-14,16H2,1-3H3,(H,28,31). The number of anilines is 1. The summed E-state index contributed by atoms with van der Waals surface area (Å²) in [5.74, 6) is 0.218. The summed E-state index contributed by atoms with van der Waals surface area (Å²) in [6.45, 7) is 7.50. The zero-order valence-electron chi connectivity index (χ0n) is 19.3. The van der Waals surface area contributed by atoms with Gasteiger partial charge in [0.2, 0.25) is 0 Å². The van der Waals surface area contributed by atoms with E-state index in [1.54, 1.807) is 43.9 Å². The van der Waals surface area contributed by atoms with Gasteiger partial charge in [-0.05, 0) is 50.6 Å². The minimum atomic E-state index is -4.67. The molecule has 0 aromatic heterocycles. The zero-order valence-corrected chi connectivity index (χ0v) is 19.3. The second-order valence-corrected chi connectivity index (χ2v) is 8.95. The van der Waals surface area contributed by atoms with Crippen LogP contribution in [-0.2, 0) is 17.5 Å². The molecule has 3 rings (SSSR count). The van der Waals surface area contributed by atoms with Crippen LogP contribution in [-0.4, -0.2) is 53.8 Å². The summed E-state index contributed by atoms with van der Waals surface area (Å²) in [7, 11) is 0. The molecule has 1 fully saturated rings. The number of nitrogens with zero attached hydrogens (tertiary/aromatic N) is 2. The molecule has 10 heteroatoms. The smallest absolute Gasteiger partial charge is 0.418 e. The average Bonchev–Trinajstić information content (AvgIpc) is 2.74. The lowest BCUT2D eigenvalue weighted by Crippen LogP contribution is -2.49. The van der Waals surface area contributed by atoms with Crippen LogP contribution in [0.15, 0.2) is 48.5 Å². The van der Waals surface area contributed by atoms with E-state index in [2.05, 4.69) is 5.32 Å². The van der Waals surface area contributed by atoms with Gasteiger partial charge in [0, 0.05) is 32.7 Å². The number of para-hydroxylation sites is 1. The Hall–Kier alpha value is -3.27. The Bertz CT molecular complexity index is 999. The third kappa shape index (κ3) is 7.38. The van der Waals surface area contributed by atoms with Crippen LogP contribution in [0.1, 0.15) is 31.9 Å². The van der Waals surface area contributed by atoms with Crippen LogP contribution < -0.4 is 10.1 Å². The maximum Gasteiger partial charge on any atom is 0.418 e. The maximum absolute atomic E-state index is 13.7. The lowest BCUT2D eigenvalue weighted by Gasteiger charge is -2.35. The zero-order chi connectivity index (χ0) is 24.9. The normalized spacial score (nSPS) is 15.1. The molecule has 0 spiro atoms. The first-order chi connectivity index (χ1) is 15.9. The summed E-state index contributed by atoms with van der Waals surface area (Å²) < 4.78 is 51.5. The Morgan fingerprint density at radius 1 is 0.971 bits per heavy atom. The molecule has 0 aliphatic carbocycles. The first kappa shape index (κ1) is 25.4. The number of halogens is 3. The van der Waals surface area contributed by atoms with Gasteiger partial charge in [0.05, 0.1) is 11.3 Å². The van der Waals surface area contributed by atoms with Crippen molar-refractivity contribution in [3.05, 3.63) is 59.7 Å².